The topological polar surface area (TPSA) is 66.0 Å². The summed E-state index contributed by atoms with van der Waals surface area (Å²) in [5.74, 6) is -0.562. The molecule has 2 aromatic rings. The largest absolute Gasteiger partial charge is 0.541 e. The minimum Gasteiger partial charge on any atom is -0.541 e. The summed E-state index contributed by atoms with van der Waals surface area (Å²) in [6, 6.07) is 8.85. The van der Waals surface area contributed by atoms with Crippen molar-refractivity contribution in [2.75, 3.05) is 5.75 Å². The molecule has 0 unspecified atom stereocenters. The van der Waals surface area contributed by atoms with E-state index in [2.05, 4.69) is 0 Å². The monoisotopic (exact) mass is 288 g/mol. The summed E-state index contributed by atoms with van der Waals surface area (Å²) in [5, 5.41) is 12.1. The highest BCUT2D eigenvalue weighted by molar-refractivity contribution is 7.99. The highest BCUT2D eigenvalue weighted by Crippen LogP contribution is 2.24. The summed E-state index contributed by atoms with van der Waals surface area (Å²) in [7, 11) is 1.65. The fourth-order valence-corrected chi connectivity index (χ4v) is 3.54. The molecular formula is C14H12N2O3S. The van der Waals surface area contributed by atoms with Crippen LogP contribution in [-0.2, 0) is 13.6 Å². The summed E-state index contributed by atoms with van der Waals surface area (Å²) >= 11 is 1.48. The third-order valence-corrected chi connectivity index (χ3v) is 4.49. The molecule has 3 rings (SSSR count). The molecule has 6 heteroatoms. The SMILES string of the molecule is C[n+]1c(C(=O)[O-])c(-c2ccccc2)c(=O)n2c1SCC2. The zero-order valence-corrected chi connectivity index (χ0v) is 11.6. The number of carbonyl (C=O) groups is 1. The molecule has 5 nitrogen and oxygen atoms in total. The molecule has 0 spiro atoms. The molecule has 0 N–H and O–H groups in total. The van der Waals surface area contributed by atoms with Crippen LogP contribution in [0.15, 0.2) is 40.3 Å². The second kappa shape index (κ2) is 4.79. The third kappa shape index (κ3) is 1.84. The fourth-order valence-electron chi connectivity index (χ4n) is 2.47. The summed E-state index contributed by atoms with van der Waals surface area (Å²) in [6.07, 6.45) is 0. The Balaban J connectivity index is 2.42. The number of hydrogen-bond donors (Lipinski definition) is 0. The number of carboxylic acids is 1. The first kappa shape index (κ1) is 12.9. The summed E-state index contributed by atoms with van der Waals surface area (Å²) in [6.45, 7) is 0.597. The first-order valence-electron chi connectivity index (χ1n) is 6.17. The zero-order chi connectivity index (χ0) is 14.3. The quantitative estimate of drug-likeness (QED) is 0.567. The number of aromatic nitrogens is 2. The maximum Gasteiger partial charge on any atom is 0.346 e. The molecule has 1 aromatic heterocycles. The number of fused-ring (bicyclic) bond motifs is 1. The average molecular weight is 288 g/mol. The van der Waals surface area contributed by atoms with Crippen molar-refractivity contribution in [1.29, 1.82) is 0 Å². The van der Waals surface area contributed by atoms with E-state index in [9.17, 15) is 14.7 Å². The van der Waals surface area contributed by atoms with Crippen molar-refractivity contribution in [3.8, 4) is 11.1 Å². The van der Waals surface area contributed by atoms with E-state index in [-0.39, 0.29) is 16.8 Å². The molecule has 0 saturated heterocycles. The highest BCUT2D eigenvalue weighted by atomic mass is 32.2. The molecule has 1 aromatic carbocycles. The van der Waals surface area contributed by atoms with Crippen molar-refractivity contribution in [2.24, 2.45) is 7.05 Å². The van der Waals surface area contributed by atoms with Crippen LogP contribution in [0.4, 0.5) is 0 Å². The van der Waals surface area contributed by atoms with Gasteiger partial charge in [0.2, 0.25) is 0 Å². The van der Waals surface area contributed by atoms with Crippen LogP contribution in [0.1, 0.15) is 10.5 Å². The highest BCUT2D eigenvalue weighted by Gasteiger charge is 2.31. The van der Waals surface area contributed by atoms with Gasteiger partial charge in [-0.1, -0.05) is 30.3 Å². The molecular weight excluding hydrogens is 276 g/mol. The van der Waals surface area contributed by atoms with Gasteiger partial charge in [0.15, 0.2) is 5.69 Å². The van der Waals surface area contributed by atoms with Crippen molar-refractivity contribution in [3.05, 3.63) is 46.4 Å². The second-order valence-corrected chi connectivity index (χ2v) is 5.59. The van der Waals surface area contributed by atoms with Crippen LogP contribution >= 0.6 is 11.8 Å². The van der Waals surface area contributed by atoms with E-state index in [1.807, 2.05) is 6.07 Å². The lowest BCUT2D eigenvalue weighted by atomic mass is 10.1. The number of carboxylic acid groups (broad SMARTS) is 1. The van der Waals surface area contributed by atoms with Gasteiger partial charge in [-0.2, -0.15) is 4.57 Å². The molecule has 0 atom stereocenters. The van der Waals surface area contributed by atoms with Gasteiger partial charge >= 0.3 is 10.7 Å². The van der Waals surface area contributed by atoms with E-state index in [4.69, 9.17) is 0 Å². The number of nitrogens with zero attached hydrogens (tertiary/aromatic N) is 2. The van der Waals surface area contributed by atoms with E-state index >= 15 is 0 Å². The summed E-state index contributed by atoms with van der Waals surface area (Å²) in [5.41, 5.74) is 0.453. The van der Waals surface area contributed by atoms with E-state index in [0.29, 0.717) is 17.3 Å². The lowest BCUT2D eigenvalue weighted by Crippen LogP contribution is -2.49. The minimum atomic E-state index is -1.33. The lowest BCUT2D eigenvalue weighted by Gasteiger charge is -2.12. The fraction of sp³-hybridized carbons (Fsp3) is 0.214. The number of carbonyl (C=O) groups excluding carboxylic acids is 1. The Bertz CT molecular complexity index is 753. The van der Waals surface area contributed by atoms with Gasteiger partial charge in [0.05, 0.1) is 7.05 Å². The van der Waals surface area contributed by atoms with Crippen molar-refractivity contribution in [3.63, 3.8) is 0 Å². The van der Waals surface area contributed by atoms with Crippen LogP contribution in [0, 0.1) is 0 Å². The van der Waals surface area contributed by atoms with Gasteiger partial charge < -0.3 is 9.90 Å². The normalized spacial score (nSPS) is 13.2. The Morgan fingerprint density at radius 2 is 2.05 bits per heavy atom. The van der Waals surface area contributed by atoms with Crippen LogP contribution in [0.5, 0.6) is 0 Å². The maximum atomic E-state index is 12.6. The van der Waals surface area contributed by atoms with Gasteiger partial charge in [-0.05, 0) is 17.3 Å². The molecule has 1 aliphatic heterocycles. The first-order valence-corrected chi connectivity index (χ1v) is 7.16. The Kier molecular flexibility index (Phi) is 3.10. The van der Waals surface area contributed by atoms with Gasteiger partial charge in [0.1, 0.15) is 18.1 Å². The van der Waals surface area contributed by atoms with Crippen LogP contribution < -0.4 is 15.2 Å². The molecule has 102 valence electrons. The number of thioether (sulfide) groups is 1. The molecule has 1 aliphatic rings. The van der Waals surface area contributed by atoms with Crippen LogP contribution in [0.25, 0.3) is 11.1 Å². The van der Waals surface area contributed by atoms with Gasteiger partial charge in [-0.3, -0.25) is 0 Å². The second-order valence-electron chi connectivity index (χ2n) is 4.52. The Morgan fingerprint density at radius 1 is 1.35 bits per heavy atom. The van der Waals surface area contributed by atoms with Crippen molar-refractivity contribution < 1.29 is 14.5 Å². The predicted molar refractivity (Wildman–Crippen MR) is 72.4 cm³/mol. The molecule has 0 aliphatic carbocycles. The molecule has 0 saturated carbocycles. The van der Waals surface area contributed by atoms with Crippen molar-refractivity contribution in [2.45, 2.75) is 11.7 Å². The Morgan fingerprint density at radius 3 is 2.70 bits per heavy atom. The van der Waals surface area contributed by atoms with Crippen molar-refractivity contribution >= 4 is 17.7 Å². The van der Waals surface area contributed by atoms with E-state index < -0.39 is 5.97 Å². The summed E-state index contributed by atoms with van der Waals surface area (Å²) < 4.78 is 3.16. The molecule has 0 fully saturated rings. The molecule has 2 heterocycles. The van der Waals surface area contributed by atoms with Crippen LogP contribution in [0.3, 0.4) is 0 Å². The third-order valence-electron chi connectivity index (χ3n) is 3.35. The van der Waals surface area contributed by atoms with Gasteiger partial charge in [-0.15, -0.1) is 0 Å². The lowest BCUT2D eigenvalue weighted by molar-refractivity contribution is -0.718. The van der Waals surface area contributed by atoms with E-state index in [1.54, 1.807) is 35.9 Å². The molecule has 0 amide bonds. The van der Waals surface area contributed by atoms with Gasteiger partial charge in [0.25, 0.3) is 0 Å². The number of rotatable bonds is 2. The zero-order valence-electron chi connectivity index (χ0n) is 10.8. The smallest absolute Gasteiger partial charge is 0.346 e. The number of aromatic carboxylic acids is 1. The molecule has 0 bridgehead atoms. The Labute approximate surface area is 119 Å². The minimum absolute atomic E-state index is 0.0677. The van der Waals surface area contributed by atoms with E-state index in [1.165, 1.54) is 16.3 Å². The maximum absolute atomic E-state index is 12.6. The van der Waals surface area contributed by atoms with Crippen LogP contribution in [-0.4, -0.2) is 16.3 Å². The Hall–Kier alpha value is -2.08. The predicted octanol–water partition coefficient (Wildman–Crippen LogP) is -0.191. The van der Waals surface area contributed by atoms with Gasteiger partial charge in [-0.25, -0.2) is 9.36 Å². The van der Waals surface area contributed by atoms with Gasteiger partial charge in [0, 0.05) is 5.75 Å². The molecule has 20 heavy (non-hydrogen) atoms. The first-order chi connectivity index (χ1) is 9.61. The number of benzene rings is 1. The van der Waals surface area contributed by atoms with Crippen molar-refractivity contribution in [1.82, 2.24) is 4.57 Å². The molecule has 0 radical (unpaired) electrons. The standard InChI is InChI=1S/C14H12N2O3S/c1-15-11(13(18)19)10(9-5-3-2-4-6-9)12(17)16-7-8-20-14(15)16/h2-6H,7-8H2,1H3. The number of hydrogen-bond acceptors (Lipinski definition) is 4. The summed E-state index contributed by atoms with van der Waals surface area (Å²) in [4.78, 5) is 24.1. The average Bonchev–Trinajstić information content (AvgIpc) is 2.93. The van der Waals surface area contributed by atoms with Crippen LogP contribution in [0.2, 0.25) is 0 Å². The van der Waals surface area contributed by atoms with E-state index in [0.717, 1.165) is 5.75 Å².